The maximum atomic E-state index is 13.6. The summed E-state index contributed by atoms with van der Waals surface area (Å²) in [4.78, 5) is 39.8. The fourth-order valence-corrected chi connectivity index (χ4v) is 5.50. The summed E-state index contributed by atoms with van der Waals surface area (Å²) in [6, 6.07) is 24.1. The van der Waals surface area contributed by atoms with Gasteiger partial charge in [-0.25, -0.2) is 13.6 Å². The van der Waals surface area contributed by atoms with Crippen molar-refractivity contribution in [2.24, 2.45) is 5.14 Å². The van der Waals surface area contributed by atoms with Gasteiger partial charge in [-0.2, -0.15) is 0 Å². The molecule has 0 unspecified atom stereocenters. The maximum absolute atomic E-state index is 13.6. The minimum Gasteiger partial charge on any atom is -0.493 e. The molecule has 14 heteroatoms. The Hall–Kier alpha value is -5.31. The van der Waals surface area contributed by atoms with Crippen LogP contribution in [0.25, 0.3) is 6.08 Å². The van der Waals surface area contributed by atoms with Gasteiger partial charge in [0.05, 0.1) is 32.0 Å². The molecule has 0 radical (unpaired) electrons. The van der Waals surface area contributed by atoms with Crippen LogP contribution in [0, 0.1) is 0 Å². The molecule has 4 aromatic carbocycles. The molecule has 4 rings (SSSR count). The monoisotopic (exact) mass is 676 g/mol. The summed E-state index contributed by atoms with van der Waals surface area (Å²) in [5, 5.41) is 13.3. The molecule has 0 spiro atoms. The molecule has 4 aromatic rings. The molecule has 0 bridgehead atoms. The van der Waals surface area contributed by atoms with E-state index < -0.39 is 21.8 Å². The largest absolute Gasteiger partial charge is 0.493 e. The van der Waals surface area contributed by atoms with Gasteiger partial charge < -0.3 is 30.2 Å². The average Bonchev–Trinajstić information content (AvgIpc) is 3.06. The van der Waals surface area contributed by atoms with Crippen molar-refractivity contribution in [3.8, 4) is 17.2 Å². The molecule has 0 aliphatic heterocycles. The normalized spacial score (nSPS) is 11.3. The van der Waals surface area contributed by atoms with Crippen LogP contribution >= 0.6 is 11.8 Å². The molecule has 5 N–H and O–H groups in total. The van der Waals surface area contributed by atoms with Gasteiger partial charge >= 0.3 is 0 Å². The zero-order valence-electron chi connectivity index (χ0n) is 25.6. The molecular formula is C33H32N4O8S2. The van der Waals surface area contributed by atoms with E-state index in [-0.39, 0.29) is 22.3 Å². The molecule has 3 amide bonds. The van der Waals surface area contributed by atoms with E-state index in [1.807, 2.05) is 0 Å². The molecule has 0 aliphatic carbocycles. The Bertz CT molecular complexity index is 1870. The number of nitrogens with two attached hydrogens (primary N) is 1. The van der Waals surface area contributed by atoms with E-state index in [1.165, 1.54) is 63.4 Å². The van der Waals surface area contributed by atoms with Crippen LogP contribution in [0.4, 0.5) is 11.4 Å². The number of hydrogen-bond donors (Lipinski definition) is 4. The van der Waals surface area contributed by atoms with E-state index >= 15 is 0 Å². The smallest absolute Gasteiger partial charge is 0.272 e. The van der Waals surface area contributed by atoms with Crippen molar-refractivity contribution < 1.29 is 37.0 Å². The zero-order valence-corrected chi connectivity index (χ0v) is 27.2. The minimum atomic E-state index is -3.84. The van der Waals surface area contributed by atoms with Gasteiger partial charge in [-0.05, 0) is 78.4 Å². The molecule has 0 atom stereocenters. The van der Waals surface area contributed by atoms with Gasteiger partial charge in [-0.1, -0.05) is 24.3 Å². The molecule has 0 aliphatic rings. The first-order valence-corrected chi connectivity index (χ1v) is 16.4. The van der Waals surface area contributed by atoms with Crippen LogP contribution in [0.2, 0.25) is 0 Å². The van der Waals surface area contributed by atoms with E-state index in [9.17, 15) is 22.8 Å². The van der Waals surface area contributed by atoms with Gasteiger partial charge in [0.2, 0.25) is 21.7 Å². The Morgan fingerprint density at radius 3 is 2.04 bits per heavy atom. The predicted molar refractivity (Wildman–Crippen MR) is 180 cm³/mol. The summed E-state index contributed by atoms with van der Waals surface area (Å²) >= 11 is 1.22. The third-order valence-corrected chi connectivity index (χ3v) is 8.38. The lowest BCUT2D eigenvalue weighted by Gasteiger charge is -2.15. The summed E-state index contributed by atoms with van der Waals surface area (Å²) in [7, 11) is 0.577. The molecule has 0 saturated heterocycles. The summed E-state index contributed by atoms with van der Waals surface area (Å²) in [5.41, 5.74) is 1.62. The van der Waals surface area contributed by atoms with Crippen molar-refractivity contribution >= 4 is 57.0 Å². The second-order valence-corrected chi connectivity index (χ2v) is 12.3. The highest BCUT2D eigenvalue weighted by Gasteiger charge is 2.18. The minimum absolute atomic E-state index is 0.0355. The van der Waals surface area contributed by atoms with Gasteiger partial charge in [-0.3, -0.25) is 14.4 Å². The number of carbonyl (C=O) groups is 3. The third kappa shape index (κ3) is 9.59. The van der Waals surface area contributed by atoms with Crippen LogP contribution in [-0.2, 0) is 19.6 Å². The molecule has 47 heavy (non-hydrogen) atoms. The van der Waals surface area contributed by atoms with Crippen molar-refractivity contribution in [3.05, 3.63) is 108 Å². The van der Waals surface area contributed by atoms with Crippen molar-refractivity contribution in [2.45, 2.75) is 9.79 Å². The Morgan fingerprint density at radius 2 is 1.45 bits per heavy atom. The SMILES string of the molecule is COc1cc(/C=C(/NC(=O)c2ccccc2)C(=O)Nc2cccc(SCC(=O)Nc3ccc(S(N)(=O)=O)cc3)c2)cc(OC)c1OC. The molecule has 244 valence electrons. The molecular weight excluding hydrogens is 645 g/mol. The molecule has 0 saturated carbocycles. The van der Waals surface area contributed by atoms with Crippen LogP contribution < -0.4 is 35.3 Å². The summed E-state index contributed by atoms with van der Waals surface area (Å²) in [6.45, 7) is 0. The topological polar surface area (TPSA) is 175 Å². The van der Waals surface area contributed by atoms with Gasteiger partial charge in [-0.15, -0.1) is 11.8 Å². The van der Waals surface area contributed by atoms with E-state index in [0.717, 1.165) is 0 Å². The quantitative estimate of drug-likeness (QED) is 0.117. The first-order chi connectivity index (χ1) is 22.5. The van der Waals surface area contributed by atoms with Crippen LogP contribution in [0.3, 0.4) is 0 Å². The van der Waals surface area contributed by atoms with E-state index in [1.54, 1.807) is 66.7 Å². The second kappa shape index (κ2) is 15.8. The highest BCUT2D eigenvalue weighted by Crippen LogP contribution is 2.38. The summed E-state index contributed by atoms with van der Waals surface area (Å²) < 4.78 is 39.1. The average molecular weight is 677 g/mol. The number of ether oxygens (including phenoxy) is 3. The Balaban J connectivity index is 1.51. The summed E-state index contributed by atoms with van der Waals surface area (Å²) in [6.07, 6.45) is 1.49. The lowest BCUT2D eigenvalue weighted by molar-refractivity contribution is -0.114. The van der Waals surface area contributed by atoms with Crippen molar-refractivity contribution in [3.63, 3.8) is 0 Å². The Labute approximate surface area is 276 Å². The highest BCUT2D eigenvalue weighted by molar-refractivity contribution is 8.00. The van der Waals surface area contributed by atoms with Gasteiger partial charge in [0.25, 0.3) is 11.8 Å². The number of benzene rings is 4. The fraction of sp³-hybridized carbons (Fsp3) is 0.121. The first-order valence-electron chi connectivity index (χ1n) is 13.9. The van der Waals surface area contributed by atoms with Crippen LogP contribution in [-0.4, -0.2) is 53.2 Å². The number of amides is 3. The number of thioether (sulfide) groups is 1. The molecule has 12 nitrogen and oxygen atoms in total. The van der Waals surface area contributed by atoms with Gasteiger partial charge in [0.1, 0.15) is 5.70 Å². The van der Waals surface area contributed by atoms with Crippen LogP contribution in [0.15, 0.2) is 106 Å². The van der Waals surface area contributed by atoms with Crippen LogP contribution in [0.5, 0.6) is 17.2 Å². The Morgan fingerprint density at radius 1 is 0.787 bits per heavy atom. The molecule has 0 aromatic heterocycles. The van der Waals surface area contributed by atoms with E-state index in [4.69, 9.17) is 19.3 Å². The number of methoxy groups -OCH3 is 3. The third-order valence-electron chi connectivity index (χ3n) is 6.46. The van der Waals surface area contributed by atoms with E-state index in [2.05, 4.69) is 16.0 Å². The molecule has 0 heterocycles. The lowest BCUT2D eigenvalue weighted by atomic mass is 10.1. The fourth-order valence-electron chi connectivity index (χ4n) is 4.23. The maximum Gasteiger partial charge on any atom is 0.272 e. The van der Waals surface area contributed by atoms with Crippen LogP contribution in [0.1, 0.15) is 15.9 Å². The number of rotatable bonds is 13. The Kier molecular flexibility index (Phi) is 11.6. The van der Waals surface area contributed by atoms with Gasteiger partial charge in [0, 0.05) is 21.8 Å². The number of primary sulfonamides is 1. The highest BCUT2D eigenvalue weighted by atomic mass is 32.2. The van der Waals surface area contributed by atoms with E-state index in [0.29, 0.717) is 44.6 Å². The van der Waals surface area contributed by atoms with Crippen molar-refractivity contribution in [1.29, 1.82) is 0 Å². The second-order valence-electron chi connectivity index (χ2n) is 9.73. The van der Waals surface area contributed by atoms with Gasteiger partial charge in [0.15, 0.2) is 11.5 Å². The number of sulfonamides is 1. The lowest BCUT2D eigenvalue weighted by Crippen LogP contribution is -2.30. The zero-order chi connectivity index (χ0) is 34.0. The number of carbonyl (C=O) groups excluding carboxylic acids is 3. The van der Waals surface area contributed by atoms with Crippen molar-refractivity contribution in [2.75, 3.05) is 37.7 Å². The first kappa shape index (κ1) is 34.6. The number of nitrogens with one attached hydrogen (secondary N) is 3. The molecule has 0 fully saturated rings. The number of anilines is 2. The predicted octanol–water partition coefficient (Wildman–Crippen LogP) is 4.50. The number of hydrogen-bond acceptors (Lipinski definition) is 9. The summed E-state index contributed by atoms with van der Waals surface area (Å²) in [5.74, 6) is -0.294. The van der Waals surface area contributed by atoms with Crippen molar-refractivity contribution in [1.82, 2.24) is 5.32 Å². The standard InChI is InChI=1S/C33H32N4O8S2/c1-43-28-17-21(18-29(44-2)31(28)45-3)16-27(37-32(39)22-8-5-4-6-9-22)33(40)36-24-10-7-11-25(19-24)46-20-30(38)35-23-12-14-26(15-13-23)47(34,41)42/h4-19H,20H2,1-3H3,(H,35,38)(H,36,40)(H,37,39)(H2,34,41,42)/b27-16+.